The molecule has 4 nitrogen and oxygen atoms in total. The Bertz CT molecular complexity index is 395. The number of carbonyl (C=O) groups excluding carboxylic acids is 2. The lowest BCUT2D eigenvalue weighted by Gasteiger charge is -2.04. The molecular formula is C11H11NO3. The molecule has 0 aliphatic heterocycles. The molecular weight excluding hydrogens is 194 g/mol. The van der Waals surface area contributed by atoms with Gasteiger partial charge in [-0.05, 0) is 24.1 Å². The molecule has 0 aliphatic carbocycles. The summed E-state index contributed by atoms with van der Waals surface area (Å²) in [6.07, 6.45) is 2.07. The Hall–Kier alpha value is -1.93. The van der Waals surface area contributed by atoms with Crippen LogP contribution in [-0.4, -0.2) is 18.6 Å². The summed E-state index contributed by atoms with van der Waals surface area (Å²) in [5.41, 5.74) is 1.12. The molecule has 0 heterocycles. The van der Waals surface area contributed by atoms with E-state index in [1.54, 1.807) is 6.07 Å². The number of rotatable bonds is 4. The minimum atomic E-state index is -0.632. The SMILES string of the molecule is CCc1cccc(OCC(=O)N=C=O)c1. The molecule has 0 spiro atoms. The van der Waals surface area contributed by atoms with E-state index in [4.69, 9.17) is 4.74 Å². The van der Waals surface area contributed by atoms with E-state index in [0.29, 0.717) is 5.75 Å². The molecule has 1 aromatic carbocycles. The van der Waals surface area contributed by atoms with Crippen molar-refractivity contribution in [2.24, 2.45) is 4.99 Å². The van der Waals surface area contributed by atoms with Gasteiger partial charge in [0, 0.05) is 0 Å². The topological polar surface area (TPSA) is 55.7 Å². The fraction of sp³-hybridized carbons (Fsp3) is 0.273. The van der Waals surface area contributed by atoms with Gasteiger partial charge in [-0.25, -0.2) is 4.79 Å². The molecule has 0 saturated heterocycles. The predicted octanol–water partition coefficient (Wildman–Crippen LogP) is 1.49. The lowest BCUT2D eigenvalue weighted by molar-refractivity contribution is -0.119. The Labute approximate surface area is 87.6 Å². The number of benzene rings is 1. The Morgan fingerprint density at radius 2 is 2.33 bits per heavy atom. The van der Waals surface area contributed by atoms with Crippen LogP contribution in [0.25, 0.3) is 0 Å². The zero-order valence-electron chi connectivity index (χ0n) is 8.40. The average molecular weight is 205 g/mol. The van der Waals surface area contributed by atoms with Crippen LogP contribution in [0.15, 0.2) is 29.3 Å². The van der Waals surface area contributed by atoms with E-state index in [1.165, 1.54) is 6.08 Å². The number of hydrogen-bond donors (Lipinski definition) is 0. The van der Waals surface area contributed by atoms with Crippen LogP contribution in [0, 0.1) is 0 Å². The van der Waals surface area contributed by atoms with Crippen molar-refractivity contribution in [1.29, 1.82) is 0 Å². The maximum absolute atomic E-state index is 10.8. The zero-order valence-corrected chi connectivity index (χ0v) is 8.40. The van der Waals surface area contributed by atoms with Gasteiger partial charge in [0.15, 0.2) is 6.61 Å². The van der Waals surface area contributed by atoms with Crippen molar-refractivity contribution >= 4 is 12.0 Å². The van der Waals surface area contributed by atoms with E-state index >= 15 is 0 Å². The van der Waals surface area contributed by atoms with Gasteiger partial charge in [0.25, 0.3) is 5.91 Å². The summed E-state index contributed by atoms with van der Waals surface area (Å²) in [5, 5.41) is 0. The third-order valence-electron chi connectivity index (χ3n) is 1.84. The highest BCUT2D eigenvalue weighted by molar-refractivity contribution is 5.82. The molecule has 0 bridgehead atoms. The number of nitrogens with zero attached hydrogens (tertiary/aromatic N) is 1. The average Bonchev–Trinajstić information content (AvgIpc) is 2.27. The third kappa shape index (κ3) is 3.75. The minimum absolute atomic E-state index is 0.234. The molecule has 0 aliphatic rings. The lowest BCUT2D eigenvalue weighted by atomic mass is 10.2. The first-order chi connectivity index (χ1) is 7.26. The summed E-state index contributed by atoms with van der Waals surface area (Å²) in [7, 11) is 0. The molecule has 0 saturated carbocycles. The zero-order chi connectivity index (χ0) is 11.1. The normalized spacial score (nSPS) is 9.13. The number of ether oxygens (including phenoxy) is 1. The molecule has 0 N–H and O–H groups in total. The van der Waals surface area contributed by atoms with Gasteiger partial charge in [-0.15, -0.1) is 4.99 Å². The van der Waals surface area contributed by atoms with Gasteiger partial charge < -0.3 is 4.74 Å². The fourth-order valence-corrected chi connectivity index (χ4v) is 1.08. The number of carbonyl (C=O) groups is 1. The first-order valence-corrected chi connectivity index (χ1v) is 4.58. The van der Waals surface area contributed by atoms with E-state index in [2.05, 4.69) is 4.99 Å². The maximum atomic E-state index is 10.8. The van der Waals surface area contributed by atoms with Crippen LogP contribution >= 0.6 is 0 Å². The second-order valence-corrected chi connectivity index (χ2v) is 2.89. The van der Waals surface area contributed by atoms with Crippen molar-refractivity contribution in [2.75, 3.05) is 6.61 Å². The van der Waals surface area contributed by atoms with Crippen LogP contribution in [0.5, 0.6) is 5.75 Å². The molecule has 0 unspecified atom stereocenters. The Kier molecular flexibility index (Phi) is 4.26. The molecule has 1 rings (SSSR count). The van der Waals surface area contributed by atoms with Crippen LogP contribution in [0.2, 0.25) is 0 Å². The number of amides is 1. The Morgan fingerprint density at radius 3 is 3.00 bits per heavy atom. The van der Waals surface area contributed by atoms with E-state index in [1.807, 2.05) is 25.1 Å². The van der Waals surface area contributed by atoms with Gasteiger partial charge in [0.05, 0.1) is 0 Å². The van der Waals surface area contributed by atoms with Gasteiger partial charge >= 0.3 is 0 Å². The first-order valence-electron chi connectivity index (χ1n) is 4.58. The highest BCUT2D eigenvalue weighted by atomic mass is 16.5. The highest BCUT2D eigenvalue weighted by Gasteiger charge is 2.00. The largest absolute Gasteiger partial charge is 0.484 e. The predicted molar refractivity (Wildman–Crippen MR) is 54.4 cm³/mol. The van der Waals surface area contributed by atoms with Crippen molar-refractivity contribution in [2.45, 2.75) is 13.3 Å². The van der Waals surface area contributed by atoms with Crippen LogP contribution in [0.3, 0.4) is 0 Å². The fourth-order valence-electron chi connectivity index (χ4n) is 1.08. The number of hydrogen-bond acceptors (Lipinski definition) is 3. The summed E-state index contributed by atoms with van der Waals surface area (Å²) in [4.78, 5) is 23.5. The molecule has 78 valence electrons. The quantitative estimate of drug-likeness (QED) is 0.552. The van der Waals surface area contributed by atoms with Crippen molar-refractivity contribution < 1.29 is 14.3 Å². The molecule has 0 radical (unpaired) electrons. The molecule has 1 amide bonds. The number of isocyanates is 1. The second kappa shape index (κ2) is 5.73. The van der Waals surface area contributed by atoms with Gasteiger partial charge in [-0.1, -0.05) is 19.1 Å². The Morgan fingerprint density at radius 1 is 1.53 bits per heavy atom. The molecule has 0 atom stereocenters. The van der Waals surface area contributed by atoms with E-state index in [0.717, 1.165) is 12.0 Å². The van der Waals surface area contributed by atoms with Crippen LogP contribution < -0.4 is 4.74 Å². The molecule has 15 heavy (non-hydrogen) atoms. The van der Waals surface area contributed by atoms with Gasteiger partial charge in [0.1, 0.15) is 5.75 Å². The minimum Gasteiger partial charge on any atom is -0.484 e. The smallest absolute Gasteiger partial charge is 0.294 e. The monoisotopic (exact) mass is 205 g/mol. The summed E-state index contributed by atoms with van der Waals surface area (Å²) in [5.74, 6) is -0.0318. The molecule has 1 aromatic rings. The number of aryl methyl sites for hydroxylation is 1. The van der Waals surface area contributed by atoms with Gasteiger partial charge in [-0.2, -0.15) is 0 Å². The van der Waals surface area contributed by atoms with Gasteiger partial charge in [-0.3, -0.25) is 4.79 Å². The van der Waals surface area contributed by atoms with Gasteiger partial charge in [0.2, 0.25) is 6.08 Å². The first kappa shape index (κ1) is 11.1. The van der Waals surface area contributed by atoms with Crippen molar-refractivity contribution in [3.63, 3.8) is 0 Å². The maximum Gasteiger partial charge on any atom is 0.294 e. The van der Waals surface area contributed by atoms with Crippen LogP contribution in [0.4, 0.5) is 0 Å². The van der Waals surface area contributed by atoms with Crippen LogP contribution in [0.1, 0.15) is 12.5 Å². The Balaban J connectivity index is 2.57. The molecule has 0 aromatic heterocycles. The van der Waals surface area contributed by atoms with E-state index in [9.17, 15) is 9.59 Å². The lowest BCUT2D eigenvalue weighted by Crippen LogP contribution is -2.08. The summed E-state index contributed by atoms with van der Waals surface area (Å²) < 4.78 is 5.14. The summed E-state index contributed by atoms with van der Waals surface area (Å²) in [6.45, 7) is 1.79. The van der Waals surface area contributed by atoms with Crippen molar-refractivity contribution in [1.82, 2.24) is 0 Å². The third-order valence-corrected chi connectivity index (χ3v) is 1.84. The summed E-state index contributed by atoms with van der Waals surface area (Å²) in [6, 6.07) is 7.41. The van der Waals surface area contributed by atoms with Crippen molar-refractivity contribution in [3.8, 4) is 5.75 Å². The molecule has 0 fully saturated rings. The van der Waals surface area contributed by atoms with E-state index in [-0.39, 0.29) is 6.61 Å². The summed E-state index contributed by atoms with van der Waals surface area (Å²) >= 11 is 0. The van der Waals surface area contributed by atoms with Crippen LogP contribution in [-0.2, 0) is 16.0 Å². The van der Waals surface area contributed by atoms with Crippen molar-refractivity contribution in [3.05, 3.63) is 29.8 Å². The number of aliphatic imine (C=N–C) groups is 1. The second-order valence-electron chi connectivity index (χ2n) is 2.89. The molecule has 4 heteroatoms. The highest BCUT2D eigenvalue weighted by Crippen LogP contribution is 2.13. The van der Waals surface area contributed by atoms with E-state index < -0.39 is 5.91 Å². The standard InChI is InChI=1S/C11H11NO3/c1-2-9-4-3-5-10(6-9)15-7-11(14)12-8-13/h3-6H,2,7H2,1H3.